The van der Waals surface area contributed by atoms with Gasteiger partial charge in [0.05, 0.1) is 18.2 Å². The molecular formula is C22H24N4O4S. The van der Waals surface area contributed by atoms with E-state index in [0.717, 1.165) is 11.5 Å². The maximum Gasteiger partial charge on any atom is 0.272 e. The van der Waals surface area contributed by atoms with Gasteiger partial charge in [-0.3, -0.25) is 9.36 Å². The maximum absolute atomic E-state index is 13.2. The van der Waals surface area contributed by atoms with Crippen LogP contribution >= 0.6 is 0 Å². The zero-order valence-electron chi connectivity index (χ0n) is 17.4. The quantitative estimate of drug-likeness (QED) is 0.608. The number of piperazine rings is 1. The Kier molecular flexibility index (Phi) is 5.79. The lowest BCUT2D eigenvalue weighted by atomic mass is 10.2. The topological polar surface area (TPSA) is 84.7 Å². The summed E-state index contributed by atoms with van der Waals surface area (Å²) in [6, 6.07) is 15.9. The van der Waals surface area contributed by atoms with E-state index in [2.05, 4.69) is 4.98 Å². The largest absolute Gasteiger partial charge is 0.497 e. The lowest BCUT2D eigenvalue weighted by Gasteiger charge is -2.34. The second kappa shape index (κ2) is 8.52. The first-order chi connectivity index (χ1) is 14.9. The standard InChI is InChI=1S/C22H24N4O4S/c1-17-23-16-21(26(17)18-6-4-3-5-7-18)22(27)24-12-14-25(15-13-24)31(28,29)20-10-8-19(30-2)9-11-20/h3-11,16H,12-15H2,1-2H3. The predicted octanol–water partition coefficient (Wildman–Crippen LogP) is 2.34. The molecule has 1 fully saturated rings. The van der Waals surface area contributed by atoms with Crippen LogP contribution in [0.3, 0.4) is 0 Å². The Hall–Kier alpha value is -3.17. The van der Waals surface area contributed by atoms with E-state index < -0.39 is 10.0 Å². The molecule has 1 aromatic heterocycles. The minimum Gasteiger partial charge on any atom is -0.497 e. The molecule has 2 heterocycles. The fourth-order valence-electron chi connectivity index (χ4n) is 3.69. The highest BCUT2D eigenvalue weighted by molar-refractivity contribution is 7.89. The van der Waals surface area contributed by atoms with Gasteiger partial charge in [-0.05, 0) is 43.3 Å². The molecular weight excluding hydrogens is 416 g/mol. The fraction of sp³-hybridized carbons (Fsp3) is 0.273. The number of carbonyl (C=O) groups is 1. The van der Waals surface area contributed by atoms with Crippen molar-refractivity contribution < 1.29 is 17.9 Å². The summed E-state index contributed by atoms with van der Waals surface area (Å²) in [6.07, 6.45) is 1.57. The van der Waals surface area contributed by atoms with Crippen LogP contribution in [0, 0.1) is 6.92 Å². The molecule has 0 atom stereocenters. The molecule has 0 N–H and O–H groups in total. The Morgan fingerprint density at radius 1 is 0.968 bits per heavy atom. The van der Waals surface area contributed by atoms with Gasteiger partial charge in [0.15, 0.2) is 0 Å². The van der Waals surface area contributed by atoms with Gasteiger partial charge in [-0.25, -0.2) is 13.4 Å². The van der Waals surface area contributed by atoms with Crippen LogP contribution in [-0.4, -0.2) is 66.4 Å². The number of sulfonamides is 1. The number of aryl methyl sites for hydroxylation is 1. The summed E-state index contributed by atoms with van der Waals surface area (Å²) in [5.41, 5.74) is 1.33. The highest BCUT2D eigenvalue weighted by Gasteiger charge is 2.31. The maximum atomic E-state index is 13.2. The van der Waals surface area contributed by atoms with Gasteiger partial charge < -0.3 is 9.64 Å². The van der Waals surface area contributed by atoms with Crippen molar-refractivity contribution in [1.82, 2.24) is 18.8 Å². The molecule has 0 unspecified atom stereocenters. The summed E-state index contributed by atoms with van der Waals surface area (Å²) in [5, 5.41) is 0. The molecule has 1 aliphatic rings. The van der Waals surface area contributed by atoms with Crippen molar-refractivity contribution in [3.05, 3.63) is 72.3 Å². The van der Waals surface area contributed by atoms with Crippen LogP contribution in [0.15, 0.2) is 65.7 Å². The van der Waals surface area contributed by atoms with Crippen molar-refractivity contribution >= 4 is 15.9 Å². The van der Waals surface area contributed by atoms with E-state index in [4.69, 9.17) is 4.74 Å². The number of hydrogen-bond acceptors (Lipinski definition) is 5. The number of hydrogen-bond donors (Lipinski definition) is 0. The number of benzene rings is 2. The van der Waals surface area contributed by atoms with Gasteiger partial charge in [0, 0.05) is 31.9 Å². The number of amides is 1. The van der Waals surface area contributed by atoms with E-state index in [1.54, 1.807) is 23.2 Å². The SMILES string of the molecule is COc1ccc(S(=O)(=O)N2CCN(C(=O)c3cnc(C)n3-c3ccccc3)CC2)cc1. The number of rotatable bonds is 5. The smallest absolute Gasteiger partial charge is 0.272 e. The van der Waals surface area contributed by atoms with Crippen molar-refractivity contribution in [2.75, 3.05) is 33.3 Å². The van der Waals surface area contributed by atoms with Gasteiger partial charge in [0.2, 0.25) is 10.0 Å². The summed E-state index contributed by atoms with van der Waals surface area (Å²) in [5.74, 6) is 1.15. The average Bonchev–Trinajstić information content (AvgIpc) is 3.20. The van der Waals surface area contributed by atoms with Crippen LogP contribution in [0.2, 0.25) is 0 Å². The van der Waals surface area contributed by atoms with Gasteiger partial charge in [0.1, 0.15) is 17.3 Å². The molecule has 8 nitrogen and oxygen atoms in total. The van der Waals surface area contributed by atoms with E-state index in [1.165, 1.54) is 23.5 Å². The van der Waals surface area contributed by atoms with Crippen molar-refractivity contribution in [3.8, 4) is 11.4 Å². The molecule has 9 heteroatoms. The van der Waals surface area contributed by atoms with Crippen molar-refractivity contribution in [3.63, 3.8) is 0 Å². The van der Waals surface area contributed by atoms with Crippen LogP contribution in [0.4, 0.5) is 0 Å². The molecule has 4 rings (SSSR count). The van der Waals surface area contributed by atoms with Crippen molar-refractivity contribution in [1.29, 1.82) is 0 Å². The second-order valence-corrected chi connectivity index (χ2v) is 9.17. The predicted molar refractivity (Wildman–Crippen MR) is 116 cm³/mol. The zero-order chi connectivity index (χ0) is 22.0. The van der Waals surface area contributed by atoms with E-state index in [9.17, 15) is 13.2 Å². The molecule has 0 radical (unpaired) electrons. The van der Waals surface area contributed by atoms with Crippen LogP contribution in [-0.2, 0) is 10.0 Å². The summed E-state index contributed by atoms with van der Waals surface area (Å²) in [4.78, 5) is 19.4. The number of imidazole rings is 1. The van der Waals surface area contributed by atoms with Crippen molar-refractivity contribution in [2.24, 2.45) is 0 Å². The minimum absolute atomic E-state index is 0.161. The Bertz CT molecular complexity index is 1170. The van der Waals surface area contributed by atoms with E-state index in [0.29, 0.717) is 24.5 Å². The molecule has 0 saturated carbocycles. The first-order valence-electron chi connectivity index (χ1n) is 9.95. The van der Waals surface area contributed by atoms with Gasteiger partial charge in [0.25, 0.3) is 5.91 Å². The van der Waals surface area contributed by atoms with E-state index in [-0.39, 0.29) is 23.9 Å². The molecule has 31 heavy (non-hydrogen) atoms. The summed E-state index contributed by atoms with van der Waals surface area (Å²) in [7, 11) is -2.09. The molecule has 2 aromatic carbocycles. The third-order valence-electron chi connectivity index (χ3n) is 5.39. The summed E-state index contributed by atoms with van der Waals surface area (Å²) < 4.78 is 34.2. The monoisotopic (exact) mass is 440 g/mol. The normalized spacial score (nSPS) is 15.1. The molecule has 1 aliphatic heterocycles. The summed E-state index contributed by atoms with van der Waals surface area (Å²) >= 11 is 0. The highest BCUT2D eigenvalue weighted by Crippen LogP contribution is 2.22. The zero-order valence-corrected chi connectivity index (χ0v) is 18.2. The first kappa shape index (κ1) is 21.1. The Labute approximate surface area is 181 Å². The Morgan fingerprint density at radius 2 is 1.61 bits per heavy atom. The number of ether oxygens (including phenoxy) is 1. The number of nitrogens with zero attached hydrogens (tertiary/aromatic N) is 4. The third kappa shape index (κ3) is 4.06. The second-order valence-electron chi connectivity index (χ2n) is 7.23. The molecule has 0 bridgehead atoms. The third-order valence-corrected chi connectivity index (χ3v) is 7.31. The number of aromatic nitrogens is 2. The molecule has 1 amide bonds. The van der Waals surface area contributed by atoms with Crippen LogP contribution < -0.4 is 4.74 Å². The van der Waals surface area contributed by atoms with Crippen molar-refractivity contribution in [2.45, 2.75) is 11.8 Å². The van der Waals surface area contributed by atoms with Crippen LogP contribution in [0.1, 0.15) is 16.3 Å². The molecule has 0 spiro atoms. The van der Waals surface area contributed by atoms with E-state index in [1.807, 2.05) is 41.8 Å². The first-order valence-corrected chi connectivity index (χ1v) is 11.4. The lowest BCUT2D eigenvalue weighted by Crippen LogP contribution is -2.50. The highest BCUT2D eigenvalue weighted by atomic mass is 32.2. The van der Waals surface area contributed by atoms with Gasteiger partial charge in [-0.15, -0.1) is 0 Å². The minimum atomic E-state index is -3.63. The Balaban J connectivity index is 1.49. The number of carbonyl (C=O) groups excluding carboxylic acids is 1. The van der Waals surface area contributed by atoms with E-state index >= 15 is 0 Å². The van der Waals surface area contributed by atoms with Crippen LogP contribution in [0.25, 0.3) is 5.69 Å². The molecule has 1 saturated heterocycles. The lowest BCUT2D eigenvalue weighted by molar-refractivity contribution is 0.0689. The van der Waals surface area contributed by atoms with Gasteiger partial charge in [-0.2, -0.15) is 4.31 Å². The Morgan fingerprint density at radius 3 is 2.23 bits per heavy atom. The molecule has 162 valence electrons. The molecule has 0 aliphatic carbocycles. The van der Waals surface area contributed by atoms with Crippen LogP contribution in [0.5, 0.6) is 5.75 Å². The average molecular weight is 441 g/mol. The van der Waals surface area contributed by atoms with Gasteiger partial charge >= 0.3 is 0 Å². The number of para-hydroxylation sites is 1. The fourth-order valence-corrected chi connectivity index (χ4v) is 5.11. The van der Waals surface area contributed by atoms with Gasteiger partial charge in [-0.1, -0.05) is 18.2 Å². The number of methoxy groups -OCH3 is 1. The summed E-state index contributed by atoms with van der Waals surface area (Å²) in [6.45, 7) is 2.95. The molecule has 3 aromatic rings.